The van der Waals surface area contributed by atoms with Crippen LogP contribution >= 0.6 is 11.6 Å². The van der Waals surface area contributed by atoms with E-state index in [0.29, 0.717) is 18.0 Å². The molecule has 0 saturated carbocycles. The van der Waals surface area contributed by atoms with E-state index in [2.05, 4.69) is 9.44 Å². The van der Waals surface area contributed by atoms with Crippen molar-refractivity contribution in [1.82, 2.24) is 9.44 Å². The number of nitrogens with one attached hydrogen (secondary N) is 2. The van der Waals surface area contributed by atoms with E-state index >= 15 is 0 Å². The van der Waals surface area contributed by atoms with Crippen molar-refractivity contribution in [2.75, 3.05) is 6.54 Å². The van der Waals surface area contributed by atoms with Gasteiger partial charge in [0.15, 0.2) is 0 Å². The molecule has 112 valence electrons. The highest BCUT2D eigenvalue weighted by atomic mass is 35.5. The normalized spacial score (nSPS) is 11.5. The van der Waals surface area contributed by atoms with E-state index in [0.717, 1.165) is 11.1 Å². The van der Waals surface area contributed by atoms with Gasteiger partial charge in [-0.1, -0.05) is 60.1 Å². The van der Waals surface area contributed by atoms with E-state index in [-0.39, 0.29) is 6.54 Å². The summed E-state index contributed by atoms with van der Waals surface area (Å²) in [5.74, 6) is 0. The maximum Gasteiger partial charge on any atom is 0.277 e. The van der Waals surface area contributed by atoms with Gasteiger partial charge < -0.3 is 0 Å². The molecule has 0 atom stereocenters. The lowest BCUT2D eigenvalue weighted by Crippen LogP contribution is -2.37. The molecule has 4 nitrogen and oxygen atoms in total. The number of hydrogen-bond acceptors (Lipinski definition) is 2. The van der Waals surface area contributed by atoms with Crippen molar-refractivity contribution in [3.8, 4) is 0 Å². The Kier molecular flexibility index (Phi) is 5.76. The van der Waals surface area contributed by atoms with E-state index in [1.165, 1.54) is 0 Å². The largest absolute Gasteiger partial charge is 0.277 e. The van der Waals surface area contributed by atoms with Crippen LogP contribution in [0, 0.1) is 0 Å². The molecule has 0 unspecified atom stereocenters. The molecule has 21 heavy (non-hydrogen) atoms. The van der Waals surface area contributed by atoms with Crippen LogP contribution in [0.2, 0.25) is 5.02 Å². The fraction of sp³-hybridized carbons (Fsp3) is 0.200. The lowest BCUT2D eigenvalue weighted by atomic mass is 10.1. The van der Waals surface area contributed by atoms with Crippen molar-refractivity contribution in [2.24, 2.45) is 0 Å². The maximum absolute atomic E-state index is 11.8. The van der Waals surface area contributed by atoms with Crippen molar-refractivity contribution in [3.05, 3.63) is 70.7 Å². The molecule has 2 aromatic rings. The van der Waals surface area contributed by atoms with Crippen LogP contribution < -0.4 is 9.44 Å². The van der Waals surface area contributed by atoms with Crippen molar-refractivity contribution >= 4 is 21.8 Å². The first-order valence-corrected chi connectivity index (χ1v) is 8.44. The molecule has 0 aliphatic rings. The summed E-state index contributed by atoms with van der Waals surface area (Å²) >= 11 is 6.02. The Bertz CT molecular complexity index is 675. The second-order valence-electron chi connectivity index (χ2n) is 4.55. The van der Waals surface area contributed by atoms with Crippen molar-refractivity contribution in [3.63, 3.8) is 0 Å². The van der Waals surface area contributed by atoms with E-state index in [9.17, 15) is 8.42 Å². The van der Waals surface area contributed by atoms with Crippen molar-refractivity contribution < 1.29 is 8.42 Å². The minimum absolute atomic E-state index is 0.266. The zero-order valence-electron chi connectivity index (χ0n) is 11.4. The smallest absolute Gasteiger partial charge is 0.202 e. The zero-order chi connectivity index (χ0) is 15.1. The van der Waals surface area contributed by atoms with Crippen LogP contribution in [0.1, 0.15) is 11.1 Å². The molecule has 2 N–H and O–H groups in total. The Morgan fingerprint density at radius 2 is 1.57 bits per heavy atom. The Labute approximate surface area is 130 Å². The quantitative estimate of drug-likeness (QED) is 0.822. The van der Waals surface area contributed by atoms with Gasteiger partial charge in [0.1, 0.15) is 0 Å². The fourth-order valence-electron chi connectivity index (χ4n) is 1.85. The molecular weight excluding hydrogens is 308 g/mol. The van der Waals surface area contributed by atoms with E-state index in [4.69, 9.17) is 11.6 Å². The number of benzene rings is 2. The van der Waals surface area contributed by atoms with Crippen LogP contribution in [0.5, 0.6) is 0 Å². The third-order valence-electron chi connectivity index (χ3n) is 2.95. The van der Waals surface area contributed by atoms with Gasteiger partial charge in [0, 0.05) is 18.1 Å². The Hall–Kier alpha value is -1.40. The number of halogens is 1. The third kappa shape index (κ3) is 5.47. The van der Waals surface area contributed by atoms with E-state index < -0.39 is 10.2 Å². The Morgan fingerprint density at radius 3 is 2.29 bits per heavy atom. The van der Waals surface area contributed by atoms with Gasteiger partial charge in [-0.15, -0.1) is 0 Å². The van der Waals surface area contributed by atoms with Gasteiger partial charge >= 0.3 is 0 Å². The Morgan fingerprint density at radius 1 is 0.905 bits per heavy atom. The monoisotopic (exact) mass is 324 g/mol. The summed E-state index contributed by atoms with van der Waals surface area (Å²) in [5, 5.41) is 0.647. The van der Waals surface area contributed by atoms with Crippen LogP contribution in [-0.2, 0) is 23.2 Å². The lowest BCUT2D eigenvalue weighted by Gasteiger charge is -2.09. The predicted octanol–water partition coefficient (Wildman–Crippen LogP) is 2.51. The molecule has 0 aliphatic carbocycles. The van der Waals surface area contributed by atoms with Crippen LogP contribution in [0.15, 0.2) is 54.6 Å². The van der Waals surface area contributed by atoms with Crippen LogP contribution in [-0.4, -0.2) is 15.0 Å². The third-order valence-corrected chi connectivity index (χ3v) is 4.43. The van der Waals surface area contributed by atoms with E-state index in [1.807, 2.05) is 48.5 Å². The van der Waals surface area contributed by atoms with E-state index in [1.54, 1.807) is 6.07 Å². The highest BCUT2D eigenvalue weighted by Gasteiger charge is 2.09. The standard InChI is InChI=1S/C15H17ClN2O2S/c16-15-9-5-4-8-14(15)10-11-17-21(19,20)18-12-13-6-2-1-3-7-13/h1-9,17-18H,10-12H2. The maximum atomic E-state index is 11.8. The zero-order valence-corrected chi connectivity index (χ0v) is 13.0. The van der Waals surface area contributed by atoms with Gasteiger partial charge in [-0.05, 0) is 23.6 Å². The van der Waals surface area contributed by atoms with Gasteiger partial charge in [-0.25, -0.2) is 4.72 Å². The van der Waals surface area contributed by atoms with Crippen molar-refractivity contribution in [1.29, 1.82) is 0 Å². The Balaban J connectivity index is 1.80. The molecular formula is C15H17ClN2O2S. The summed E-state index contributed by atoms with van der Waals surface area (Å²) in [6, 6.07) is 16.8. The lowest BCUT2D eigenvalue weighted by molar-refractivity contribution is 0.566. The SMILES string of the molecule is O=S(=O)(NCCc1ccccc1Cl)NCc1ccccc1. The minimum Gasteiger partial charge on any atom is -0.202 e. The molecule has 2 rings (SSSR count). The fourth-order valence-corrected chi connectivity index (χ4v) is 2.91. The minimum atomic E-state index is -3.51. The summed E-state index contributed by atoms with van der Waals surface area (Å²) in [5.41, 5.74) is 1.83. The summed E-state index contributed by atoms with van der Waals surface area (Å²) in [4.78, 5) is 0. The predicted molar refractivity (Wildman–Crippen MR) is 85.4 cm³/mol. The van der Waals surface area contributed by atoms with Gasteiger partial charge in [0.2, 0.25) is 0 Å². The van der Waals surface area contributed by atoms with Crippen molar-refractivity contribution in [2.45, 2.75) is 13.0 Å². The molecule has 0 bridgehead atoms. The molecule has 0 heterocycles. The highest BCUT2D eigenvalue weighted by Crippen LogP contribution is 2.14. The van der Waals surface area contributed by atoms with Crippen LogP contribution in [0.25, 0.3) is 0 Å². The second kappa shape index (κ2) is 7.56. The molecule has 0 aliphatic heterocycles. The van der Waals surface area contributed by atoms with Gasteiger partial charge in [-0.2, -0.15) is 13.1 Å². The first-order chi connectivity index (χ1) is 10.1. The number of hydrogen-bond donors (Lipinski definition) is 2. The summed E-state index contributed by atoms with van der Waals surface area (Å²) < 4.78 is 28.7. The average Bonchev–Trinajstić information content (AvgIpc) is 2.48. The first kappa shape index (κ1) is 16.0. The molecule has 0 radical (unpaired) electrons. The average molecular weight is 325 g/mol. The summed E-state index contributed by atoms with van der Waals surface area (Å²) in [7, 11) is -3.51. The van der Waals surface area contributed by atoms with Crippen LogP contribution in [0.3, 0.4) is 0 Å². The molecule has 0 saturated heterocycles. The molecule has 6 heteroatoms. The highest BCUT2D eigenvalue weighted by molar-refractivity contribution is 7.87. The number of rotatable bonds is 7. The van der Waals surface area contributed by atoms with Gasteiger partial charge in [0.05, 0.1) is 0 Å². The molecule has 0 spiro atoms. The van der Waals surface area contributed by atoms with Crippen LogP contribution in [0.4, 0.5) is 0 Å². The second-order valence-corrected chi connectivity index (χ2v) is 6.54. The molecule has 2 aromatic carbocycles. The summed E-state index contributed by atoms with van der Waals surface area (Å²) in [6.45, 7) is 0.566. The molecule has 0 fully saturated rings. The molecule has 0 amide bonds. The van der Waals surface area contributed by atoms with Gasteiger partial charge in [-0.3, -0.25) is 0 Å². The van der Waals surface area contributed by atoms with Gasteiger partial charge in [0.25, 0.3) is 10.2 Å². The topological polar surface area (TPSA) is 58.2 Å². The molecule has 0 aromatic heterocycles. The summed E-state index contributed by atoms with van der Waals surface area (Å²) in [6.07, 6.45) is 0.548. The first-order valence-electron chi connectivity index (χ1n) is 6.58.